The quantitative estimate of drug-likeness (QED) is 0.947. The lowest BCUT2D eigenvalue weighted by molar-refractivity contribution is 0.605. The van der Waals surface area contributed by atoms with Gasteiger partial charge < -0.3 is 5.73 Å². The highest BCUT2D eigenvalue weighted by molar-refractivity contribution is 9.10. The number of hydrogen-bond acceptors (Lipinski definition) is 2. The number of rotatable bonds is 3. The van der Waals surface area contributed by atoms with E-state index in [2.05, 4.69) is 21.0 Å². The second kappa shape index (κ2) is 5.20. The van der Waals surface area contributed by atoms with Gasteiger partial charge in [0.2, 0.25) is 0 Å². The molecular weight excluding hydrogens is 297 g/mol. The highest BCUT2D eigenvalue weighted by Gasteiger charge is 2.13. The van der Waals surface area contributed by atoms with Crippen LogP contribution in [0.2, 0.25) is 0 Å². The molecule has 3 nitrogen and oxygen atoms in total. The molecule has 18 heavy (non-hydrogen) atoms. The maximum atomic E-state index is 14.1. The lowest BCUT2D eigenvalue weighted by Crippen LogP contribution is -2.06. The van der Waals surface area contributed by atoms with E-state index in [4.69, 9.17) is 5.73 Å². The maximum absolute atomic E-state index is 14.1. The Morgan fingerprint density at radius 2 is 2.11 bits per heavy atom. The summed E-state index contributed by atoms with van der Waals surface area (Å²) in [6.45, 7) is 4.30. The Hall–Kier alpha value is -1.20. The first-order chi connectivity index (χ1) is 8.54. The van der Waals surface area contributed by atoms with Crippen molar-refractivity contribution in [2.45, 2.75) is 20.3 Å². The third kappa shape index (κ3) is 2.33. The van der Waals surface area contributed by atoms with Gasteiger partial charge in [0.25, 0.3) is 0 Å². The second-order valence-electron chi connectivity index (χ2n) is 4.22. The predicted molar refractivity (Wildman–Crippen MR) is 73.5 cm³/mol. The van der Waals surface area contributed by atoms with Gasteiger partial charge >= 0.3 is 0 Å². The van der Waals surface area contributed by atoms with Crippen LogP contribution in [0, 0.1) is 19.7 Å². The summed E-state index contributed by atoms with van der Waals surface area (Å²) >= 11 is 3.44. The molecular formula is C13H15BrFN3. The number of hydrogen-bond donors (Lipinski definition) is 1. The smallest absolute Gasteiger partial charge is 0.149 e. The predicted octanol–water partition coefficient (Wildman–Crippen LogP) is 2.89. The third-order valence-electron chi connectivity index (χ3n) is 2.88. The molecule has 0 saturated heterocycles. The van der Waals surface area contributed by atoms with Gasteiger partial charge in [0, 0.05) is 0 Å². The van der Waals surface area contributed by atoms with Gasteiger partial charge in [-0.1, -0.05) is 6.07 Å². The van der Waals surface area contributed by atoms with E-state index in [1.165, 1.54) is 6.07 Å². The molecule has 1 heterocycles. The van der Waals surface area contributed by atoms with E-state index in [0.29, 0.717) is 18.7 Å². The fourth-order valence-electron chi connectivity index (χ4n) is 1.90. The fourth-order valence-corrected chi connectivity index (χ4v) is 2.15. The van der Waals surface area contributed by atoms with Crippen LogP contribution in [-0.4, -0.2) is 16.3 Å². The van der Waals surface area contributed by atoms with Gasteiger partial charge in [-0.05, 0) is 60.4 Å². The SMILES string of the molecule is Cc1nn(-c2ccc(CCN)cc2F)c(C)c1Br. The van der Waals surface area contributed by atoms with Crippen LogP contribution in [0.15, 0.2) is 22.7 Å². The van der Waals surface area contributed by atoms with Gasteiger partial charge in [-0.25, -0.2) is 9.07 Å². The molecule has 0 aliphatic rings. The van der Waals surface area contributed by atoms with Crippen molar-refractivity contribution < 1.29 is 4.39 Å². The maximum Gasteiger partial charge on any atom is 0.149 e. The average Bonchev–Trinajstić information content (AvgIpc) is 2.58. The van der Waals surface area contributed by atoms with Crippen molar-refractivity contribution in [1.29, 1.82) is 0 Å². The Morgan fingerprint density at radius 3 is 2.61 bits per heavy atom. The minimum absolute atomic E-state index is 0.279. The molecule has 0 fully saturated rings. The van der Waals surface area contributed by atoms with E-state index in [-0.39, 0.29) is 5.82 Å². The standard InChI is InChI=1S/C13H15BrFN3/c1-8-13(14)9(2)18(17-8)12-4-3-10(5-6-16)7-11(12)15/h3-4,7H,5-6,16H2,1-2H3. The summed E-state index contributed by atoms with van der Waals surface area (Å²) in [6, 6.07) is 5.15. The summed E-state index contributed by atoms with van der Waals surface area (Å²) < 4.78 is 16.6. The van der Waals surface area contributed by atoms with Crippen LogP contribution in [0.1, 0.15) is 17.0 Å². The zero-order chi connectivity index (χ0) is 13.3. The molecule has 2 rings (SSSR count). The molecule has 0 bridgehead atoms. The fraction of sp³-hybridized carbons (Fsp3) is 0.308. The summed E-state index contributed by atoms with van der Waals surface area (Å²) in [4.78, 5) is 0. The van der Waals surface area contributed by atoms with E-state index in [1.807, 2.05) is 19.9 Å². The van der Waals surface area contributed by atoms with E-state index in [0.717, 1.165) is 21.4 Å². The van der Waals surface area contributed by atoms with Crippen LogP contribution in [0.3, 0.4) is 0 Å². The largest absolute Gasteiger partial charge is 0.330 e. The van der Waals surface area contributed by atoms with Crippen LogP contribution >= 0.6 is 15.9 Å². The zero-order valence-corrected chi connectivity index (χ0v) is 12.0. The zero-order valence-electron chi connectivity index (χ0n) is 10.4. The Balaban J connectivity index is 2.48. The minimum Gasteiger partial charge on any atom is -0.330 e. The summed E-state index contributed by atoms with van der Waals surface area (Å²) in [5, 5.41) is 4.32. The highest BCUT2D eigenvalue weighted by atomic mass is 79.9. The van der Waals surface area contributed by atoms with Gasteiger partial charge in [-0.15, -0.1) is 0 Å². The van der Waals surface area contributed by atoms with E-state index >= 15 is 0 Å². The van der Waals surface area contributed by atoms with Gasteiger partial charge in [0.05, 0.1) is 15.9 Å². The van der Waals surface area contributed by atoms with Crippen molar-refractivity contribution in [2.75, 3.05) is 6.54 Å². The van der Waals surface area contributed by atoms with Crippen molar-refractivity contribution in [3.8, 4) is 5.69 Å². The number of aromatic nitrogens is 2. The first-order valence-electron chi connectivity index (χ1n) is 5.75. The Bertz CT molecular complexity index is 578. The Kier molecular flexibility index (Phi) is 3.82. The van der Waals surface area contributed by atoms with Gasteiger partial charge in [-0.2, -0.15) is 5.10 Å². The van der Waals surface area contributed by atoms with Crippen molar-refractivity contribution in [2.24, 2.45) is 5.73 Å². The Labute approximate surface area is 114 Å². The first kappa shape index (κ1) is 13.2. The summed E-state index contributed by atoms with van der Waals surface area (Å²) in [5.41, 5.74) is 8.56. The summed E-state index contributed by atoms with van der Waals surface area (Å²) in [6.07, 6.45) is 0.679. The molecule has 1 aromatic carbocycles. The third-order valence-corrected chi connectivity index (χ3v) is 4.02. The molecule has 0 atom stereocenters. The summed E-state index contributed by atoms with van der Waals surface area (Å²) in [7, 11) is 0. The molecule has 1 aromatic heterocycles. The van der Waals surface area contributed by atoms with Crippen molar-refractivity contribution in [1.82, 2.24) is 9.78 Å². The molecule has 2 aromatic rings. The number of benzene rings is 1. The minimum atomic E-state index is -0.279. The topological polar surface area (TPSA) is 43.8 Å². The van der Waals surface area contributed by atoms with Gasteiger partial charge in [0.15, 0.2) is 0 Å². The molecule has 2 N–H and O–H groups in total. The average molecular weight is 312 g/mol. The number of nitrogens with two attached hydrogens (primary N) is 1. The van der Waals surface area contributed by atoms with Crippen molar-refractivity contribution in [3.05, 3.63) is 45.4 Å². The van der Waals surface area contributed by atoms with Crippen LogP contribution in [0.4, 0.5) is 4.39 Å². The monoisotopic (exact) mass is 311 g/mol. The summed E-state index contributed by atoms with van der Waals surface area (Å²) in [5.74, 6) is -0.279. The van der Waals surface area contributed by atoms with Gasteiger partial charge in [-0.3, -0.25) is 0 Å². The molecule has 96 valence electrons. The molecule has 0 aliphatic carbocycles. The van der Waals surface area contributed by atoms with Crippen molar-refractivity contribution >= 4 is 15.9 Å². The van der Waals surface area contributed by atoms with E-state index in [9.17, 15) is 4.39 Å². The molecule has 0 amide bonds. The normalized spacial score (nSPS) is 10.9. The molecule has 0 radical (unpaired) electrons. The molecule has 0 unspecified atom stereocenters. The number of aryl methyl sites for hydroxylation is 1. The highest BCUT2D eigenvalue weighted by Crippen LogP contribution is 2.24. The first-order valence-corrected chi connectivity index (χ1v) is 6.54. The van der Waals surface area contributed by atoms with E-state index in [1.54, 1.807) is 10.7 Å². The number of halogens is 2. The van der Waals surface area contributed by atoms with Gasteiger partial charge in [0.1, 0.15) is 11.5 Å². The van der Waals surface area contributed by atoms with Crippen LogP contribution in [-0.2, 0) is 6.42 Å². The van der Waals surface area contributed by atoms with Crippen LogP contribution < -0.4 is 5.73 Å². The lowest BCUT2D eigenvalue weighted by Gasteiger charge is -2.07. The number of nitrogens with zero attached hydrogens (tertiary/aromatic N) is 2. The molecule has 0 spiro atoms. The molecule has 0 aliphatic heterocycles. The van der Waals surface area contributed by atoms with E-state index < -0.39 is 0 Å². The second-order valence-corrected chi connectivity index (χ2v) is 5.01. The van der Waals surface area contributed by atoms with Crippen LogP contribution in [0.25, 0.3) is 5.69 Å². The Morgan fingerprint density at radius 1 is 1.39 bits per heavy atom. The lowest BCUT2D eigenvalue weighted by atomic mass is 10.1. The van der Waals surface area contributed by atoms with Crippen LogP contribution in [0.5, 0.6) is 0 Å². The molecule has 0 saturated carbocycles. The molecule has 5 heteroatoms. The van der Waals surface area contributed by atoms with Crippen molar-refractivity contribution in [3.63, 3.8) is 0 Å².